The highest BCUT2D eigenvalue weighted by molar-refractivity contribution is 7.99. The maximum Gasteiger partial charge on any atom is 0.123 e. The number of hydrogen-bond acceptors (Lipinski definition) is 3. The third-order valence-corrected chi connectivity index (χ3v) is 5.05. The van der Waals surface area contributed by atoms with E-state index in [1.165, 1.54) is 17.3 Å². The Morgan fingerprint density at radius 2 is 1.92 bits per heavy atom. The van der Waals surface area contributed by atoms with Crippen molar-refractivity contribution in [3.8, 4) is 6.07 Å². The molecule has 1 aromatic heterocycles. The molecule has 24 heavy (non-hydrogen) atoms. The lowest BCUT2D eigenvalue weighted by atomic mass is 10.1. The lowest BCUT2D eigenvalue weighted by Gasteiger charge is -2.12. The van der Waals surface area contributed by atoms with Crippen LogP contribution in [0.15, 0.2) is 64.5 Å². The average molecular weight is 354 g/mol. The van der Waals surface area contributed by atoms with Crippen LogP contribution >= 0.6 is 23.4 Å². The smallest absolute Gasteiger partial charge is 0.123 e. The minimum absolute atomic E-state index is 0.561. The van der Waals surface area contributed by atoms with Crippen LogP contribution in [0.5, 0.6) is 0 Å². The summed E-state index contributed by atoms with van der Waals surface area (Å²) >= 11 is 7.48. The van der Waals surface area contributed by atoms with Gasteiger partial charge < -0.3 is 10.3 Å². The quantitative estimate of drug-likeness (QED) is 0.709. The van der Waals surface area contributed by atoms with Gasteiger partial charge in [-0.2, -0.15) is 5.26 Å². The normalized spacial score (nSPS) is 10.5. The van der Waals surface area contributed by atoms with Crippen molar-refractivity contribution in [3.05, 3.63) is 76.4 Å². The van der Waals surface area contributed by atoms with Gasteiger partial charge >= 0.3 is 0 Å². The molecule has 3 nitrogen and oxygen atoms in total. The molecule has 0 aliphatic carbocycles. The van der Waals surface area contributed by atoms with E-state index in [4.69, 9.17) is 17.3 Å². The Bertz CT molecular complexity index is 907. The number of aromatic nitrogens is 1. The molecule has 0 atom stereocenters. The third kappa shape index (κ3) is 3.59. The zero-order valence-corrected chi connectivity index (χ0v) is 14.7. The maximum atomic E-state index is 9.44. The first-order chi connectivity index (χ1) is 11.6. The Morgan fingerprint density at radius 1 is 1.17 bits per heavy atom. The van der Waals surface area contributed by atoms with Gasteiger partial charge in [0.2, 0.25) is 0 Å². The van der Waals surface area contributed by atoms with Crippen molar-refractivity contribution in [2.45, 2.75) is 23.4 Å². The highest BCUT2D eigenvalue weighted by Gasteiger charge is 2.15. The summed E-state index contributed by atoms with van der Waals surface area (Å²) in [6, 6.07) is 19.8. The number of aryl methyl sites for hydroxylation is 1. The summed E-state index contributed by atoms with van der Waals surface area (Å²) in [5.41, 5.74) is 9.66. The van der Waals surface area contributed by atoms with Gasteiger partial charge in [0, 0.05) is 16.5 Å². The summed E-state index contributed by atoms with van der Waals surface area (Å²) in [7, 11) is 0. The largest absolute Gasteiger partial charge is 0.397 e. The second-order valence-corrected chi connectivity index (χ2v) is 7.03. The zero-order chi connectivity index (χ0) is 17.1. The fraction of sp³-hybridized carbons (Fsp3) is 0.105. The molecule has 3 aromatic rings. The van der Waals surface area contributed by atoms with E-state index in [0.29, 0.717) is 22.9 Å². The molecule has 0 aliphatic rings. The molecule has 0 fully saturated rings. The first-order valence-corrected chi connectivity index (χ1v) is 8.64. The van der Waals surface area contributed by atoms with Crippen molar-refractivity contribution in [1.82, 2.24) is 4.57 Å². The van der Waals surface area contributed by atoms with E-state index in [0.717, 1.165) is 15.5 Å². The van der Waals surface area contributed by atoms with Crippen molar-refractivity contribution in [1.29, 1.82) is 5.26 Å². The summed E-state index contributed by atoms with van der Waals surface area (Å²) in [6.07, 6.45) is 0. The molecular formula is C19H16ClN3S. The van der Waals surface area contributed by atoms with E-state index in [2.05, 4.69) is 31.2 Å². The molecule has 0 radical (unpaired) electrons. The predicted octanol–water partition coefficient (Wildman–Crippen LogP) is 5.10. The molecule has 1 heterocycles. The van der Waals surface area contributed by atoms with E-state index >= 15 is 0 Å². The number of nitrogens with zero attached hydrogens (tertiary/aromatic N) is 2. The molecule has 2 aromatic carbocycles. The van der Waals surface area contributed by atoms with Crippen molar-refractivity contribution >= 4 is 29.1 Å². The third-order valence-electron chi connectivity index (χ3n) is 3.64. The first kappa shape index (κ1) is 16.5. The van der Waals surface area contributed by atoms with Gasteiger partial charge in [0.1, 0.15) is 16.8 Å². The molecular weight excluding hydrogens is 338 g/mol. The number of nitriles is 1. The van der Waals surface area contributed by atoms with Gasteiger partial charge in [0.15, 0.2) is 0 Å². The molecule has 0 saturated carbocycles. The molecule has 0 spiro atoms. The monoisotopic (exact) mass is 353 g/mol. The highest BCUT2D eigenvalue weighted by Crippen LogP contribution is 2.35. The van der Waals surface area contributed by atoms with Crippen molar-refractivity contribution < 1.29 is 0 Å². The number of benzene rings is 2. The summed E-state index contributed by atoms with van der Waals surface area (Å²) in [5, 5.41) is 11.0. The second-order valence-electron chi connectivity index (χ2n) is 5.53. The van der Waals surface area contributed by atoms with Crippen LogP contribution in [0.1, 0.15) is 16.8 Å². The van der Waals surface area contributed by atoms with Crippen molar-refractivity contribution in [2.24, 2.45) is 0 Å². The Hall–Kier alpha value is -2.35. The van der Waals surface area contributed by atoms with Gasteiger partial charge in [-0.1, -0.05) is 53.2 Å². The van der Waals surface area contributed by atoms with Gasteiger partial charge in [-0.3, -0.25) is 0 Å². The number of nitrogen functional groups attached to an aromatic ring is 1. The molecule has 0 unspecified atom stereocenters. The molecule has 5 heteroatoms. The van der Waals surface area contributed by atoms with Gasteiger partial charge in [-0.05, 0) is 42.8 Å². The molecule has 0 aliphatic heterocycles. The van der Waals surface area contributed by atoms with Crippen LogP contribution in [-0.4, -0.2) is 4.57 Å². The van der Waals surface area contributed by atoms with E-state index in [9.17, 15) is 5.26 Å². The number of rotatable bonds is 4. The van der Waals surface area contributed by atoms with Crippen LogP contribution in [0.4, 0.5) is 5.69 Å². The fourth-order valence-corrected chi connectivity index (χ4v) is 3.59. The van der Waals surface area contributed by atoms with Crippen LogP contribution in [0.2, 0.25) is 5.02 Å². The van der Waals surface area contributed by atoms with E-state index in [1.807, 2.05) is 34.9 Å². The lowest BCUT2D eigenvalue weighted by molar-refractivity contribution is 0.725. The molecule has 0 bridgehead atoms. The van der Waals surface area contributed by atoms with E-state index in [1.54, 1.807) is 6.07 Å². The van der Waals surface area contributed by atoms with Crippen LogP contribution in [0.25, 0.3) is 0 Å². The molecule has 120 valence electrons. The Morgan fingerprint density at radius 3 is 2.58 bits per heavy atom. The van der Waals surface area contributed by atoms with Crippen molar-refractivity contribution in [2.75, 3.05) is 5.73 Å². The SMILES string of the molecule is Cc1cccc(Cn2c(C#N)cc(N)c2Sc2ccc(Cl)cc2)c1. The predicted molar refractivity (Wildman–Crippen MR) is 99.4 cm³/mol. The van der Waals surface area contributed by atoms with Crippen LogP contribution in [0.3, 0.4) is 0 Å². The maximum absolute atomic E-state index is 9.44. The summed E-state index contributed by atoms with van der Waals surface area (Å²) in [5.74, 6) is 0. The number of anilines is 1. The molecule has 0 amide bonds. The number of halogens is 1. The summed E-state index contributed by atoms with van der Waals surface area (Å²) in [6.45, 7) is 2.67. The molecule has 0 saturated heterocycles. The van der Waals surface area contributed by atoms with Crippen molar-refractivity contribution in [3.63, 3.8) is 0 Å². The Balaban J connectivity index is 1.98. The first-order valence-electron chi connectivity index (χ1n) is 7.45. The fourth-order valence-electron chi connectivity index (χ4n) is 2.52. The Kier molecular flexibility index (Phi) is 4.84. The van der Waals surface area contributed by atoms with Gasteiger partial charge in [0.25, 0.3) is 0 Å². The zero-order valence-electron chi connectivity index (χ0n) is 13.2. The summed E-state index contributed by atoms with van der Waals surface area (Å²) in [4.78, 5) is 1.03. The lowest BCUT2D eigenvalue weighted by Crippen LogP contribution is -2.04. The van der Waals surface area contributed by atoms with Gasteiger partial charge in [-0.15, -0.1) is 0 Å². The number of hydrogen-bond donors (Lipinski definition) is 1. The molecule has 3 rings (SSSR count). The summed E-state index contributed by atoms with van der Waals surface area (Å²) < 4.78 is 1.96. The van der Waals surface area contributed by atoms with Crippen LogP contribution < -0.4 is 5.73 Å². The van der Waals surface area contributed by atoms with Crippen LogP contribution in [-0.2, 0) is 6.54 Å². The standard InChI is InChI=1S/C19H16ClN3S/c1-13-3-2-4-14(9-13)12-23-16(11-21)10-18(22)19(23)24-17-7-5-15(20)6-8-17/h2-10H,12,22H2,1H3. The Labute approximate surface area is 150 Å². The molecule has 2 N–H and O–H groups in total. The van der Waals surface area contributed by atoms with E-state index in [-0.39, 0.29) is 0 Å². The van der Waals surface area contributed by atoms with Gasteiger partial charge in [0.05, 0.1) is 5.69 Å². The number of nitrogens with two attached hydrogens (primary N) is 1. The van der Waals surface area contributed by atoms with Crippen LogP contribution in [0, 0.1) is 18.3 Å². The topological polar surface area (TPSA) is 54.7 Å². The van der Waals surface area contributed by atoms with Gasteiger partial charge in [-0.25, -0.2) is 0 Å². The van der Waals surface area contributed by atoms with E-state index < -0.39 is 0 Å². The second kappa shape index (κ2) is 7.04. The minimum atomic E-state index is 0.561. The minimum Gasteiger partial charge on any atom is -0.397 e. The average Bonchev–Trinajstić information content (AvgIpc) is 2.85. The highest BCUT2D eigenvalue weighted by atomic mass is 35.5.